The lowest BCUT2D eigenvalue weighted by Gasteiger charge is -2.32. The Balaban J connectivity index is 1.26. The minimum Gasteiger partial charge on any atom is -0.618 e. The first-order valence-corrected chi connectivity index (χ1v) is 15.2. The van der Waals surface area contributed by atoms with Crippen LogP contribution in [0.3, 0.4) is 0 Å². The molecule has 0 atom stereocenters. The van der Waals surface area contributed by atoms with Crippen LogP contribution in [-0.2, 0) is 30.3 Å². The highest BCUT2D eigenvalue weighted by molar-refractivity contribution is 6.07. The first kappa shape index (κ1) is 34.3. The van der Waals surface area contributed by atoms with E-state index in [0.29, 0.717) is 66.9 Å². The molecule has 0 bridgehead atoms. The number of hydrogen-bond acceptors (Lipinski definition) is 10. The van der Waals surface area contributed by atoms with Crippen molar-refractivity contribution in [2.45, 2.75) is 65.2 Å². The van der Waals surface area contributed by atoms with E-state index in [2.05, 4.69) is 15.3 Å². The molecule has 1 aromatic carbocycles. The number of rotatable bonds is 15. The van der Waals surface area contributed by atoms with E-state index in [1.807, 2.05) is 70.0 Å². The molecule has 0 saturated heterocycles. The third-order valence-electron chi connectivity index (χ3n) is 7.53. The van der Waals surface area contributed by atoms with E-state index in [-0.39, 0.29) is 18.2 Å². The topological polar surface area (TPSA) is 139 Å². The number of anilines is 1. The van der Waals surface area contributed by atoms with Gasteiger partial charge in [0.2, 0.25) is 17.6 Å². The molecule has 46 heavy (non-hydrogen) atoms. The Hall–Kier alpha value is -4.55. The van der Waals surface area contributed by atoms with Crippen molar-refractivity contribution in [1.82, 2.24) is 14.9 Å². The Morgan fingerprint density at radius 3 is 2.30 bits per heavy atom. The fourth-order valence-electron chi connectivity index (χ4n) is 4.76. The lowest BCUT2D eigenvalue weighted by atomic mass is 9.99. The second kappa shape index (κ2) is 15.2. The van der Waals surface area contributed by atoms with Crippen molar-refractivity contribution in [1.29, 1.82) is 0 Å². The molecule has 12 heteroatoms. The zero-order chi connectivity index (χ0) is 33.3. The second-order valence-electron chi connectivity index (χ2n) is 12.3. The normalized spacial score (nSPS) is 13.3. The van der Waals surface area contributed by atoms with Crippen molar-refractivity contribution in [2.75, 3.05) is 38.8 Å². The van der Waals surface area contributed by atoms with Gasteiger partial charge < -0.3 is 34.4 Å². The van der Waals surface area contributed by atoms with Gasteiger partial charge >= 0.3 is 5.97 Å². The van der Waals surface area contributed by atoms with Gasteiger partial charge in [-0.3, -0.25) is 4.79 Å². The maximum absolute atomic E-state index is 13.4. The lowest BCUT2D eigenvalue weighted by Crippen LogP contribution is -2.34. The second-order valence-corrected chi connectivity index (χ2v) is 12.3. The molecule has 2 aromatic heterocycles. The number of aryl methyl sites for hydroxylation is 1. The summed E-state index contributed by atoms with van der Waals surface area (Å²) in [5.74, 6) is 0.0286. The van der Waals surface area contributed by atoms with Crippen molar-refractivity contribution < 1.29 is 33.3 Å². The Kier molecular flexibility index (Phi) is 11.3. The summed E-state index contributed by atoms with van der Waals surface area (Å²) in [4.78, 5) is 35.7. The number of carbonyl (C=O) groups is 2. The fraction of sp³-hybridized carbons (Fsp3) is 0.441. The summed E-state index contributed by atoms with van der Waals surface area (Å²) in [7, 11) is 1.87. The van der Waals surface area contributed by atoms with Gasteiger partial charge in [0.15, 0.2) is 5.76 Å². The zero-order valence-corrected chi connectivity index (χ0v) is 27.4. The summed E-state index contributed by atoms with van der Waals surface area (Å²) in [6.45, 7) is 11.1. The molecule has 4 rings (SSSR count). The molecule has 0 saturated carbocycles. The van der Waals surface area contributed by atoms with Crippen molar-refractivity contribution in [3.05, 3.63) is 94.5 Å². The Bertz CT molecular complexity index is 1540. The van der Waals surface area contributed by atoms with Gasteiger partial charge in [-0.15, -0.1) is 0 Å². The molecule has 1 aliphatic rings. The third kappa shape index (κ3) is 9.48. The summed E-state index contributed by atoms with van der Waals surface area (Å²) in [5.41, 5.74) is 1.64. The van der Waals surface area contributed by atoms with E-state index in [9.17, 15) is 14.8 Å². The summed E-state index contributed by atoms with van der Waals surface area (Å²) < 4.78 is 24.3. The summed E-state index contributed by atoms with van der Waals surface area (Å²) >= 11 is 0. The number of amides is 1. The average molecular weight is 634 g/mol. The van der Waals surface area contributed by atoms with E-state index < -0.39 is 17.2 Å². The van der Waals surface area contributed by atoms with E-state index >= 15 is 0 Å². The molecular weight excluding hydrogens is 590 g/mol. The van der Waals surface area contributed by atoms with Crippen LogP contribution >= 0.6 is 0 Å². The number of hydrogen-bond donors (Lipinski definition) is 1. The van der Waals surface area contributed by atoms with Crippen molar-refractivity contribution >= 4 is 23.5 Å². The standard InChI is InChI=1S/C34H43N5O7/c1-24-21-36-27(23-39(24)42)32(41)44-18-15-34(4,5)46-20-19-45-33(2,3)14-17-43-30-26-12-8-7-11-25(26)22-38(6)29(30)31(40)37-28-13-9-10-16-35-28/h7-13,16,21,23H,14-15,17-20,22H2,1-6H3,(H,35,37,40). The smallest absolute Gasteiger partial charge is 0.363 e. The van der Waals surface area contributed by atoms with E-state index in [0.717, 1.165) is 17.3 Å². The monoisotopic (exact) mass is 633 g/mol. The van der Waals surface area contributed by atoms with E-state index in [1.54, 1.807) is 25.3 Å². The molecular formula is C34H43N5O7. The van der Waals surface area contributed by atoms with Crippen LogP contribution in [0, 0.1) is 12.1 Å². The minimum absolute atomic E-state index is 0.0427. The third-order valence-corrected chi connectivity index (χ3v) is 7.53. The number of pyridine rings is 1. The van der Waals surface area contributed by atoms with Crippen LogP contribution in [-0.4, -0.2) is 71.4 Å². The highest BCUT2D eigenvalue weighted by Crippen LogP contribution is 2.33. The number of carbonyl (C=O) groups excluding carboxylic acids is 2. The minimum atomic E-state index is -0.659. The van der Waals surface area contributed by atoms with Gasteiger partial charge in [0.05, 0.1) is 43.8 Å². The zero-order valence-electron chi connectivity index (χ0n) is 27.4. The van der Waals surface area contributed by atoms with Crippen molar-refractivity contribution in [2.24, 2.45) is 0 Å². The molecule has 1 N–H and O–H groups in total. The van der Waals surface area contributed by atoms with E-state index in [1.165, 1.54) is 6.20 Å². The maximum atomic E-state index is 13.4. The molecule has 0 fully saturated rings. The average Bonchev–Trinajstić information content (AvgIpc) is 3.01. The van der Waals surface area contributed by atoms with Crippen LogP contribution in [0.1, 0.15) is 67.8 Å². The molecule has 0 radical (unpaired) electrons. The van der Waals surface area contributed by atoms with Crippen LogP contribution in [0.5, 0.6) is 0 Å². The van der Waals surface area contributed by atoms with Crippen LogP contribution < -0.4 is 10.0 Å². The van der Waals surface area contributed by atoms with E-state index in [4.69, 9.17) is 18.9 Å². The number of aromatic nitrogens is 3. The molecule has 3 heterocycles. The van der Waals surface area contributed by atoms with Crippen molar-refractivity contribution in [3.63, 3.8) is 0 Å². The van der Waals surface area contributed by atoms with Gasteiger partial charge in [-0.05, 0) is 45.4 Å². The summed E-state index contributed by atoms with van der Waals surface area (Å²) in [6, 6.07) is 13.3. The number of likely N-dealkylation sites (N-methyl/N-ethyl adjacent to an activating group) is 1. The quantitative estimate of drug-likeness (QED) is 0.111. The van der Waals surface area contributed by atoms with Gasteiger partial charge in [-0.2, -0.15) is 4.73 Å². The Morgan fingerprint density at radius 2 is 1.63 bits per heavy atom. The number of ether oxygens (including phenoxy) is 4. The number of esters is 1. The van der Waals surface area contributed by atoms with Crippen LogP contribution in [0.4, 0.5) is 5.82 Å². The summed E-state index contributed by atoms with van der Waals surface area (Å²) in [5, 5.41) is 14.6. The molecule has 0 unspecified atom stereocenters. The molecule has 0 aliphatic carbocycles. The predicted octanol–water partition coefficient (Wildman–Crippen LogP) is 4.42. The Morgan fingerprint density at radius 1 is 0.957 bits per heavy atom. The van der Waals surface area contributed by atoms with Crippen LogP contribution in [0.25, 0.3) is 5.76 Å². The van der Waals surface area contributed by atoms with Gasteiger partial charge in [0.1, 0.15) is 11.5 Å². The first-order chi connectivity index (χ1) is 21.8. The summed E-state index contributed by atoms with van der Waals surface area (Å²) in [6.07, 6.45) is 5.07. The largest absolute Gasteiger partial charge is 0.618 e. The SMILES string of the molecule is Cc1cnc(C(=O)OCCC(C)(C)OCCOC(C)(C)CCOC2=C(C(=O)Nc3ccccn3)N(C)Cc3ccccc32)c[n+]1[O-]. The molecule has 3 aromatic rings. The molecule has 1 amide bonds. The predicted molar refractivity (Wildman–Crippen MR) is 171 cm³/mol. The Labute approximate surface area is 269 Å². The van der Waals surface area contributed by atoms with Gasteiger partial charge in [0.25, 0.3) is 5.91 Å². The number of nitrogens with zero attached hydrogens (tertiary/aromatic N) is 4. The fourth-order valence-corrected chi connectivity index (χ4v) is 4.76. The number of benzene rings is 1. The first-order valence-electron chi connectivity index (χ1n) is 15.2. The maximum Gasteiger partial charge on any atom is 0.363 e. The number of fused-ring (bicyclic) bond motifs is 1. The molecule has 246 valence electrons. The molecule has 1 aliphatic heterocycles. The highest BCUT2D eigenvalue weighted by Gasteiger charge is 2.30. The highest BCUT2D eigenvalue weighted by atomic mass is 16.6. The lowest BCUT2D eigenvalue weighted by molar-refractivity contribution is -0.613. The van der Waals surface area contributed by atoms with Crippen LogP contribution in [0.15, 0.2) is 66.8 Å². The van der Waals surface area contributed by atoms with Gasteiger partial charge in [0, 0.05) is 45.1 Å². The van der Waals surface area contributed by atoms with Gasteiger partial charge in [-0.1, -0.05) is 30.3 Å². The van der Waals surface area contributed by atoms with Crippen LogP contribution in [0.2, 0.25) is 0 Å². The molecule has 12 nitrogen and oxygen atoms in total. The van der Waals surface area contributed by atoms with Crippen molar-refractivity contribution in [3.8, 4) is 0 Å². The number of nitrogens with one attached hydrogen (secondary N) is 1. The van der Waals surface area contributed by atoms with Gasteiger partial charge in [-0.25, -0.2) is 14.8 Å². The molecule has 0 spiro atoms.